The smallest absolute Gasteiger partial charge is 0.160 e. The van der Waals surface area contributed by atoms with E-state index in [1.54, 1.807) is 0 Å². The number of aromatic nitrogens is 6. The van der Waals surface area contributed by atoms with Gasteiger partial charge in [0.05, 0.1) is 63.4 Å². The summed E-state index contributed by atoms with van der Waals surface area (Å²) < 4.78 is 9.51. The van der Waals surface area contributed by atoms with E-state index in [0.29, 0.717) is 11.9 Å². The highest BCUT2D eigenvalue weighted by molar-refractivity contribution is 7.19. The topological polar surface area (TPSA) is 45.5 Å². The predicted molar refractivity (Wildman–Crippen MR) is 388 cm³/mol. The van der Waals surface area contributed by atoms with Gasteiger partial charge >= 0.3 is 0 Å². The van der Waals surface area contributed by atoms with E-state index in [9.17, 15) is 0 Å². The van der Waals surface area contributed by atoms with Crippen LogP contribution in [0.3, 0.4) is 0 Å². The van der Waals surface area contributed by atoms with E-state index in [1.807, 2.05) is 24.3 Å². The van der Waals surface area contributed by atoms with Gasteiger partial charge in [0.25, 0.3) is 0 Å². The van der Waals surface area contributed by atoms with Crippen molar-refractivity contribution >= 4 is 104 Å². The molecule has 0 spiro atoms. The Morgan fingerprint density at radius 1 is 0.231 bits per heavy atom. The lowest BCUT2D eigenvalue weighted by atomic mass is 10.0. The van der Waals surface area contributed by atoms with Gasteiger partial charge in [0.1, 0.15) is 0 Å². The summed E-state index contributed by atoms with van der Waals surface area (Å²) in [5.41, 5.74) is 21.3. The number of hydrogen-bond acceptors (Lipinski definition) is 2. The van der Waals surface area contributed by atoms with Crippen molar-refractivity contribution in [1.82, 2.24) is 28.2 Å². The standard InChI is InChI=1S/C46H30N4.C36H24N2.CH4BP/c1-3-15-31(16-4-1)40-30-41(48-46(47-40)32-17-5-2-6-18-32)33-27-34(49-42-23-11-7-19-36(42)37-20-8-12-24-43(37)49)29-35(28-33)50-44-25-13-9-21-38(44)39-22-10-14-26-45(39)50;1-5-13-33-29(9-1)30-10-2-6-14-34(30)37(33)27-21-17-25(18-22-27)26-19-23-28(24-20-26)38-35-15-7-3-11-31(35)32-12-4-8-16-36(32)38;2-1-3/h1-30H;1-24H;1,3H2. The van der Waals surface area contributed by atoms with Gasteiger partial charge in [-0.15, -0.1) is 9.24 Å². The summed E-state index contributed by atoms with van der Waals surface area (Å²) in [6, 6.07) is 117. The number of rotatable bonds is 8. The molecule has 0 fully saturated rings. The molecule has 13 aromatic carbocycles. The highest BCUT2D eigenvalue weighted by Gasteiger charge is 2.20. The Morgan fingerprint density at radius 2 is 0.473 bits per heavy atom. The molecule has 0 N–H and O–H groups in total. The van der Waals surface area contributed by atoms with E-state index in [-0.39, 0.29) is 0 Å². The molecule has 0 aliphatic heterocycles. The third-order valence-electron chi connectivity index (χ3n) is 17.4. The van der Waals surface area contributed by atoms with Crippen molar-refractivity contribution in [3.05, 3.63) is 328 Å². The molecular weight excluding hydrogens is 1120 g/mol. The second-order valence-corrected chi connectivity index (χ2v) is 23.2. The van der Waals surface area contributed by atoms with Crippen LogP contribution in [0, 0.1) is 0 Å². The fourth-order valence-electron chi connectivity index (χ4n) is 13.5. The zero-order chi connectivity index (χ0) is 60.8. The molecule has 18 aromatic rings. The Balaban J connectivity index is 0.000000144. The highest BCUT2D eigenvalue weighted by atomic mass is 31.0. The largest absolute Gasteiger partial charge is 0.309 e. The predicted octanol–water partition coefficient (Wildman–Crippen LogP) is 21.2. The molecular formula is C83H58BN6P. The van der Waals surface area contributed by atoms with Crippen LogP contribution in [0.4, 0.5) is 0 Å². The Bertz CT molecular complexity index is 5150. The van der Waals surface area contributed by atoms with Crippen LogP contribution in [0.25, 0.3) is 155 Å². The quantitative estimate of drug-likeness (QED) is 0.112. The SMILES string of the molecule is [B]CP.c1ccc(-c2cc(-c3cc(-n4c5ccccc5c5ccccc54)cc(-n4c5ccccc5c5ccccc54)c3)nc(-c3ccccc3)n2)cc1.c1ccc2c(c1)c1ccccc1n2-c1ccc(-c2ccc(-n3c4ccccc4c4ccccc43)cc2)cc1. The molecule has 1 unspecified atom stereocenters. The second-order valence-electron chi connectivity index (χ2n) is 22.7. The average Bonchev–Trinajstić information content (AvgIpc) is 1.71. The van der Waals surface area contributed by atoms with Crippen LogP contribution in [-0.2, 0) is 0 Å². The van der Waals surface area contributed by atoms with E-state index in [0.717, 1.165) is 61.5 Å². The maximum atomic E-state index is 5.26. The zero-order valence-corrected chi connectivity index (χ0v) is 50.9. The van der Waals surface area contributed by atoms with Gasteiger partial charge in [0, 0.05) is 82.5 Å². The van der Waals surface area contributed by atoms with Gasteiger partial charge in [-0.3, -0.25) is 0 Å². The summed E-state index contributed by atoms with van der Waals surface area (Å²) in [6.07, 6.45) is 0. The van der Waals surface area contributed by atoms with Gasteiger partial charge in [-0.2, -0.15) is 0 Å². The van der Waals surface area contributed by atoms with Crippen molar-refractivity contribution in [3.63, 3.8) is 0 Å². The highest BCUT2D eigenvalue weighted by Crippen LogP contribution is 2.40. The third-order valence-corrected chi connectivity index (χ3v) is 17.4. The summed E-state index contributed by atoms with van der Waals surface area (Å²) in [4.78, 5) is 10.4. The van der Waals surface area contributed by atoms with Crippen molar-refractivity contribution in [2.45, 2.75) is 0 Å². The van der Waals surface area contributed by atoms with Crippen molar-refractivity contribution < 1.29 is 0 Å². The Kier molecular flexibility index (Phi) is 14.3. The van der Waals surface area contributed by atoms with E-state index < -0.39 is 0 Å². The number of nitrogens with zero attached hydrogens (tertiary/aromatic N) is 6. The van der Waals surface area contributed by atoms with E-state index in [2.05, 4.69) is 331 Å². The molecule has 91 heavy (non-hydrogen) atoms. The first-order valence-electron chi connectivity index (χ1n) is 30.8. The van der Waals surface area contributed by atoms with Gasteiger partial charge in [0.15, 0.2) is 5.82 Å². The van der Waals surface area contributed by atoms with Crippen molar-refractivity contribution in [1.29, 1.82) is 0 Å². The summed E-state index contributed by atoms with van der Waals surface area (Å²) in [7, 11) is 7.17. The molecule has 8 heteroatoms. The first-order valence-corrected chi connectivity index (χ1v) is 31.6. The first-order chi connectivity index (χ1) is 45.1. The van der Waals surface area contributed by atoms with Crippen molar-refractivity contribution in [3.8, 4) is 67.8 Å². The van der Waals surface area contributed by atoms with E-state index in [1.165, 1.54) is 87.7 Å². The molecule has 6 nitrogen and oxygen atoms in total. The average molecular weight is 1180 g/mol. The fraction of sp³-hybridized carbons (Fsp3) is 0.0120. The van der Waals surface area contributed by atoms with Crippen LogP contribution >= 0.6 is 9.24 Å². The van der Waals surface area contributed by atoms with Gasteiger partial charge in [-0.05, 0) is 108 Å². The Labute approximate surface area is 530 Å². The molecule has 18 rings (SSSR count). The van der Waals surface area contributed by atoms with Crippen LogP contribution in [0.2, 0.25) is 0 Å². The molecule has 0 saturated heterocycles. The summed E-state index contributed by atoms with van der Waals surface area (Å²) in [5, 5.41) is 10.1. The maximum absolute atomic E-state index is 5.26. The second kappa shape index (κ2) is 23.6. The summed E-state index contributed by atoms with van der Waals surface area (Å²) in [6.45, 7) is 0. The number of benzene rings is 13. The molecule has 2 radical (unpaired) electrons. The molecule has 0 bridgehead atoms. The number of hydrogen-bond donors (Lipinski definition) is 0. The first kappa shape index (κ1) is 55.0. The minimum atomic E-state index is 0.667. The summed E-state index contributed by atoms with van der Waals surface area (Å²) in [5.74, 6) is 0.697. The minimum absolute atomic E-state index is 0.667. The Hall–Kier alpha value is -11.4. The lowest BCUT2D eigenvalue weighted by molar-refractivity contribution is 1.13. The van der Waals surface area contributed by atoms with Crippen LogP contribution in [0.1, 0.15) is 0 Å². The van der Waals surface area contributed by atoms with Crippen molar-refractivity contribution in [2.75, 3.05) is 6.06 Å². The van der Waals surface area contributed by atoms with E-state index >= 15 is 0 Å². The summed E-state index contributed by atoms with van der Waals surface area (Å²) >= 11 is 0. The molecule has 0 aliphatic rings. The number of fused-ring (bicyclic) bond motifs is 12. The Morgan fingerprint density at radius 3 is 0.769 bits per heavy atom. The monoisotopic (exact) mass is 1180 g/mol. The van der Waals surface area contributed by atoms with Crippen LogP contribution in [-0.4, -0.2) is 42.1 Å². The van der Waals surface area contributed by atoms with Gasteiger partial charge < -0.3 is 18.3 Å². The van der Waals surface area contributed by atoms with Crippen LogP contribution in [0.15, 0.2) is 328 Å². The van der Waals surface area contributed by atoms with E-state index in [4.69, 9.17) is 17.8 Å². The third kappa shape index (κ3) is 9.84. The van der Waals surface area contributed by atoms with Gasteiger partial charge in [-0.1, -0.05) is 237 Å². The molecule has 5 aromatic heterocycles. The minimum Gasteiger partial charge on any atom is -0.309 e. The van der Waals surface area contributed by atoms with Crippen LogP contribution in [0.5, 0.6) is 0 Å². The van der Waals surface area contributed by atoms with Gasteiger partial charge in [-0.25, -0.2) is 9.97 Å². The lowest BCUT2D eigenvalue weighted by Crippen LogP contribution is -2.01. The zero-order valence-electron chi connectivity index (χ0n) is 49.7. The molecule has 0 amide bonds. The normalized spacial score (nSPS) is 11.4. The van der Waals surface area contributed by atoms with Gasteiger partial charge in [0.2, 0.25) is 0 Å². The fourth-order valence-corrected chi connectivity index (χ4v) is 13.5. The molecule has 428 valence electrons. The molecule has 1 atom stereocenters. The van der Waals surface area contributed by atoms with Crippen molar-refractivity contribution in [2.24, 2.45) is 0 Å². The lowest BCUT2D eigenvalue weighted by Gasteiger charge is -2.16. The molecule has 5 heterocycles. The van der Waals surface area contributed by atoms with Crippen LogP contribution < -0.4 is 0 Å². The molecule has 0 aliphatic carbocycles. The maximum Gasteiger partial charge on any atom is 0.160 e. The molecule has 0 saturated carbocycles. The number of para-hydroxylation sites is 8.